The molecule has 0 bridgehead atoms. The summed E-state index contributed by atoms with van der Waals surface area (Å²) in [7, 11) is 0. The normalized spacial score (nSPS) is 29.2. The number of ether oxygens (including phenoxy) is 1. The van der Waals surface area contributed by atoms with Crippen LogP contribution in [-0.2, 0) is 16.1 Å². The molecule has 88 valence electrons. The van der Waals surface area contributed by atoms with Gasteiger partial charge in [0.05, 0.1) is 37.2 Å². The summed E-state index contributed by atoms with van der Waals surface area (Å²) < 4.78 is 5.22. The fourth-order valence-electron chi connectivity index (χ4n) is 1.68. The highest BCUT2D eigenvalue weighted by Gasteiger charge is 2.44. The largest absolute Gasteiger partial charge is 0.379 e. The highest BCUT2D eigenvalue weighted by molar-refractivity contribution is 5.83. The minimum Gasteiger partial charge on any atom is -0.379 e. The van der Waals surface area contributed by atoms with E-state index in [-0.39, 0.29) is 11.9 Å². The van der Waals surface area contributed by atoms with Crippen LogP contribution in [0.15, 0.2) is 12.5 Å². The van der Waals surface area contributed by atoms with Gasteiger partial charge in [0.15, 0.2) is 0 Å². The Balaban J connectivity index is 1.93. The Hall–Kier alpha value is -1.40. The Kier molecular flexibility index (Phi) is 2.93. The fraction of sp³-hybridized carbons (Fsp3) is 0.600. The summed E-state index contributed by atoms with van der Waals surface area (Å²) in [5.41, 5.74) is 6.10. The molecule has 16 heavy (non-hydrogen) atoms. The van der Waals surface area contributed by atoms with E-state index in [4.69, 9.17) is 10.5 Å². The molecule has 0 aliphatic carbocycles. The Morgan fingerprint density at radius 1 is 1.88 bits per heavy atom. The van der Waals surface area contributed by atoms with Crippen LogP contribution in [0.1, 0.15) is 12.6 Å². The molecule has 0 spiro atoms. The number of hydrogen-bond donors (Lipinski definition) is 3. The number of nitrogens with zero attached hydrogens (tertiary/aromatic N) is 1. The van der Waals surface area contributed by atoms with Crippen molar-refractivity contribution in [2.24, 2.45) is 11.1 Å². The van der Waals surface area contributed by atoms with E-state index in [9.17, 15) is 4.79 Å². The minimum atomic E-state index is -0.625. The van der Waals surface area contributed by atoms with Crippen molar-refractivity contribution in [1.82, 2.24) is 15.3 Å². The number of carbonyl (C=O) groups excluding carboxylic acids is 1. The number of aromatic amines is 1. The van der Waals surface area contributed by atoms with Gasteiger partial charge < -0.3 is 20.8 Å². The van der Waals surface area contributed by atoms with Crippen LogP contribution >= 0.6 is 0 Å². The third-order valence-electron chi connectivity index (χ3n) is 3.03. The van der Waals surface area contributed by atoms with Crippen LogP contribution in [0.3, 0.4) is 0 Å². The van der Waals surface area contributed by atoms with Crippen LogP contribution in [-0.4, -0.2) is 35.1 Å². The van der Waals surface area contributed by atoms with Crippen molar-refractivity contribution in [3.05, 3.63) is 18.2 Å². The summed E-state index contributed by atoms with van der Waals surface area (Å²) in [4.78, 5) is 18.8. The third kappa shape index (κ3) is 1.94. The van der Waals surface area contributed by atoms with Crippen molar-refractivity contribution in [1.29, 1.82) is 0 Å². The maximum absolute atomic E-state index is 12.0. The van der Waals surface area contributed by atoms with Gasteiger partial charge in [0.2, 0.25) is 5.91 Å². The van der Waals surface area contributed by atoms with Crippen molar-refractivity contribution in [2.75, 3.05) is 13.2 Å². The second-order valence-corrected chi connectivity index (χ2v) is 4.30. The van der Waals surface area contributed by atoms with Crippen LogP contribution in [0.5, 0.6) is 0 Å². The lowest BCUT2D eigenvalue weighted by atomic mass is 9.85. The van der Waals surface area contributed by atoms with Gasteiger partial charge in [-0.05, 0) is 6.92 Å². The molecule has 2 atom stereocenters. The Morgan fingerprint density at radius 2 is 2.69 bits per heavy atom. The smallest absolute Gasteiger partial charge is 0.230 e. The lowest BCUT2D eigenvalue weighted by Gasteiger charge is -2.25. The molecule has 1 fully saturated rings. The quantitative estimate of drug-likeness (QED) is 0.638. The molecule has 2 heterocycles. The fourth-order valence-corrected chi connectivity index (χ4v) is 1.68. The van der Waals surface area contributed by atoms with Crippen LogP contribution < -0.4 is 11.1 Å². The second kappa shape index (κ2) is 4.23. The summed E-state index contributed by atoms with van der Waals surface area (Å²) >= 11 is 0. The number of nitrogens with two attached hydrogens (primary N) is 1. The minimum absolute atomic E-state index is 0.0768. The van der Waals surface area contributed by atoms with Crippen LogP contribution in [0.2, 0.25) is 0 Å². The number of imidazole rings is 1. The Labute approximate surface area is 93.6 Å². The van der Waals surface area contributed by atoms with E-state index in [2.05, 4.69) is 15.3 Å². The van der Waals surface area contributed by atoms with Gasteiger partial charge in [-0.15, -0.1) is 0 Å². The molecule has 2 rings (SSSR count). The molecule has 1 aliphatic heterocycles. The van der Waals surface area contributed by atoms with E-state index in [1.165, 1.54) is 0 Å². The molecule has 0 aromatic carbocycles. The monoisotopic (exact) mass is 224 g/mol. The first-order valence-electron chi connectivity index (χ1n) is 5.22. The average Bonchev–Trinajstić information content (AvgIpc) is 2.87. The number of nitrogens with one attached hydrogen (secondary N) is 2. The van der Waals surface area contributed by atoms with Gasteiger partial charge in [-0.1, -0.05) is 0 Å². The molecule has 1 amide bonds. The van der Waals surface area contributed by atoms with Gasteiger partial charge in [0.1, 0.15) is 0 Å². The summed E-state index contributed by atoms with van der Waals surface area (Å²) in [6.07, 6.45) is 3.25. The van der Waals surface area contributed by atoms with E-state index in [1.807, 2.05) is 6.92 Å². The Bertz CT molecular complexity index is 365. The average molecular weight is 224 g/mol. The van der Waals surface area contributed by atoms with Crippen molar-refractivity contribution in [3.63, 3.8) is 0 Å². The molecule has 4 N–H and O–H groups in total. The van der Waals surface area contributed by atoms with E-state index in [0.717, 1.165) is 5.69 Å². The first kappa shape index (κ1) is 11.1. The first-order valence-corrected chi connectivity index (χ1v) is 5.22. The van der Waals surface area contributed by atoms with Gasteiger partial charge in [-0.3, -0.25) is 4.79 Å². The maximum atomic E-state index is 12.0. The summed E-state index contributed by atoms with van der Waals surface area (Å²) in [6.45, 7) is 3.07. The zero-order valence-corrected chi connectivity index (χ0v) is 9.19. The first-order chi connectivity index (χ1) is 7.63. The molecule has 6 nitrogen and oxygen atoms in total. The van der Waals surface area contributed by atoms with Crippen molar-refractivity contribution >= 4 is 5.91 Å². The lowest BCUT2D eigenvalue weighted by Crippen LogP contribution is -2.49. The molecular weight excluding hydrogens is 208 g/mol. The van der Waals surface area contributed by atoms with Crippen molar-refractivity contribution in [2.45, 2.75) is 19.5 Å². The molecule has 1 aromatic rings. The van der Waals surface area contributed by atoms with Crippen LogP contribution in [0, 0.1) is 5.41 Å². The van der Waals surface area contributed by atoms with Gasteiger partial charge >= 0.3 is 0 Å². The van der Waals surface area contributed by atoms with Gasteiger partial charge in [-0.25, -0.2) is 4.98 Å². The predicted octanol–water partition coefficient (Wildman–Crippen LogP) is -0.610. The zero-order valence-electron chi connectivity index (χ0n) is 9.19. The lowest BCUT2D eigenvalue weighted by molar-refractivity contribution is -0.130. The highest BCUT2D eigenvalue weighted by atomic mass is 16.5. The summed E-state index contributed by atoms with van der Waals surface area (Å²) in [5.74, 6) is -0.0768. The molecular formula is C10H16N4O2. The molecule has 1 aliphatic rings. The van der Waals surface area contributed by atoms with E-state index in [0.29, 0.717) is 19.8 Å². The van der Waals surface area contributed by atoms with Crippen molar-refractivity contribution < 1.29 is 9.53 Å². The standard InChI is InChI=1S/C10H16N4O2/c1-10(5-16-4-8(10)11)9(15)13-3-7-2-12-6-14-7/h2,6,8H,3-5,11H2,1H3,(H,12,14)(H,13,15). The molecule has 0 radical (unpaired) electrons. The predicted molar refractivity (Wildman–Crippen MR) is 57.3 cm³/mol. The topological polar surface area (TPSA) is 93.0 Å². The number of amides is 1. The SMILES string of the molecule is CC1(C(=O)NCc2cnc[nH]2)COCC1N. The van der Waals surface area contributed by atoms with Crippen LogP contribution in [0.25, 0.3) is 0 Å². The second-order valence-electron chi connectivity index (χ2n) is 4.30. The summed E-state index contributed by atoms with van der Waals surface area (Å²) in [6, 6.07) is -0.241. The number of rotatable bonds is 3. The van der Waals surface area contributed by atoms with E-state index in [1.54, 1.807) is 12.5 Å². The summed E-state index contributed by atoms with van der Waals surface area (Å²) in [5, 5.41) is 2.83. The number of H-pyrrole nitrogens is 1. The molecule has 1 aromatic heterocycles. The van der Waals surface area contributed by atoms with Gasteiger partial charge in [0.25, 0.3) is 0 Å². The van der Waals surface area contributed by atoms with Crippen molar-refractivity contribution in [3.8, 4) is 0 Å². The Morgan fingerprint density at radius 3 is 3.25 bits per heavy atom. The van der Waals surface area contributed by atoms with E-state index >= 15 is 0 Å². The third-order valence-corrected chi connectivity index (χ3v) is 3.03. The van der Waals surface area contributed by atoms with Crippen LogP contribution in [0.4, 0.5) is 0 Å². The highest BCUT2D eigenvalue weighted by Crippen LogP contribution is 2.27. The molecule has 0 saturated carbocycles. The van der Waals surface area contributed by atoms with Gasteiger partial charge in [-0.2, -0.15) is 0 Å². The molecule has 1 saturated heterocycles. The van der Waals surface area contributed by atoms with E-state index < -0.39 is 5.41 Å². The number of hydrogen-bond acceptors (Lipinski definition) is 4. The maximum Gasteiger partial charge on any atom is 0.230 e. The number of carbonyl (C=O) groups is 1. The molecule has 2 unspecified atom stereocenters. The van der Waals surface area contributed by atoms with Gasteiger partial charge in [0, 0.05) is 12.2 Å². The molecule has 6 heteroatoms. The zero-order chi connectivity index (χ0) is 11.6. The number of aromatic nitrogens is 2.